The third-order valence-electron chi connectivity index (χ3n) is 4.34. The van der Waals surface area contributed by atoms with Crippen LogP contribution in [0, 0.1) is 5.92 Å². The lowest BCUT2D eigenvalue weighted by atomic mass is 10.1. The summed E-state index contributed by atoms with van der Waals surface area (Å²) >= 11 is 9.65. The SMILES string of the molecule is O=C(NCc1cn2cc(Br)ccc2n1)C1CC1c1ccccc1Cl. The quantitative estimate of drug-likeness (QED) is 0.709. The monoisotopic (exact) mass is 403 g/mol. The molecule has 0 aliphatic heterocycles. The topological polar surface area (TPSA) is 46.4 Å². The van der Waals surface area contributed by atoms with E-state index in [-0.39, 0.29) is 17.7 Å². The molecule has 1 aliphatic carbocycles. The Hall–Kier alpha value is -1.85. The highest BCUT2D eigenvalue weighted by Crippen LogP contribution is 2.49. The maximum absolute atomic E-state index is 12.3. The van der Waals surface area contributed by atoms with Gasteiger partial charge in [-0.05, 0) is 52.0 Å². The number of pyridine rings is 1. The maximum atomic E-state index is 12.3. The minimum absolute atomic E-state index is 0.0103. The number of amides is 1. The van der Waals surface area contributed by atoms with Crippen molar-refractivity contribution >= 4 is 39.1 Å². The summed E-state index contributed by atoms with van der Waals surface area (Å²) in [5.41, 5.74) is 2.77. The van der Waals surface area contributed by atoms with Gasteiger partial charge < -0.3 is 9.72 Å². The Morgan fingerprint density at radius 3 is 2.96 bits per heavy atom. The molecule has 1 saturated carbocycles. The molecule has 122 valence electrons. The third-order valence-corrected chi connectivity index (χ3v) is 5.15. The van der Waals surface area contributed by atoms with Crippen molar-refractivity contribution in [3.05, 3.63) is 69.5 Å². The number of carbonyl (C=O) groups excluding carboxylic acids is 1. The smallest absolute Gasteiger partial charge is 0.224 e. The van der Waals surface area contributed by atoms with Gasteiger partial charge in [-0.3, -0.25) is 4.79 Å². The van der Waals surface area contributed by atoms with Crippen LogP contribution in [0.3, 0.4) is 0 Å². The molecule has 0 saturated heterocycles. The average molecular weight is 405 g/mol. The number of aromatic nitrogens is 2. The third kappa shape index (κ3) is 3.06. The number of rotatable bonds is 4. The molecule has 6 heteroatoms. The molecule has 1 aromatic carbocycles. The summed E-state index contributed by atoms with van der Waals surface area (Å²) < 4.78 is 2.93. The van der Waals surface area contributed by atoms with Crippen molar-refractivity contribution in [1.82, 2.24) is 14.7 Å². The van der Waals surface area contributed by atoms with E-state index in [0.29, 0.717) is 6.54 Å². The normalized spacial score (nSPS) is 19.4. The summed E-state index contributed by atoms with van der Waals surface area (Å²) in [6, 6.07) is 11.6. The van der Waals surface area contributed by atoms with E-state index in [1.54, 1.807) is 0 Å². The zero-order chi connectivity index (χ0) is 16.7. The second-order valence-corrected chi connectivity index (χ2v) is 7.36. The zero-order valence-electron chi connectivity index (χ0n) is 12.7. The predicted molar refractivity (Wildman–Crippen MR) is 97.0 cm³/mol. The van der Waals surface area contributed by atoms with Crippen LogP contribution in [0.1, 0.15) is 23.6 Å². The molecule has 2 unspecified atom stereocenters. The maximum Gasteiger partial charge on any atom is 0.224 e. The van der Waals surface area contributed by atoms with Crippen molar-refractivity contribution < 1.29 is 4.79 Å². The average Bonchev–Trinajstić information content (AvgIpc) is 3.26. The molecule has 4 nitrogen and oxygen atoms in total. The van der Waals surface area contributed by atoms with Gasteiger partial charge in [0.2, 0.25) is 5.91 Å². The first-order chi connectivity index (χ1) is 11.6. The molecule has 2 heterocycles. The summed E-state index contributed by atoms with van der Waals surface area (Å²) in [5.74, 6) is 0.310. The lowest BCUT2D eigenvalue weighted by Gasteiger charge is -2.04. The van der Waals surface area contributed by atoms with Crippen LogP contribution in [0.5, 0.6) is 0 Å². The molecule has 0 radical (unpaired) electrons. The molecule has 1 aliphatic rings. The fraction of sp³-hybridized carbons (Fsp3) is 0.222. The Balaban J connectivity index is 1.39. The molecule has 1 amide bonds. The van der Waals surface area contributed by atoms with Gasteiger partial charge in [0.25, 0.3) is 0 Å². The highest BCUT2D eigenvalue weighted by Gasteiger charge is 2.44. The first kappa shape index (κ1) is 15.7. The molecule has 3 aromatic rings. The number of benzene rings is 1. The molecule has 0 spiro atoms. The standard InChI is InChI=1S/C18H15BrClN3O/c19-11-5-6-17-22-12(10-23(17)9-11)8-21-18(24)15-7-14(15)13-3-1-2-4-16(13)20/h1-6,9-10,14-15H,7-8H2,(H,21,24). The van der Waals surface area contributed by atoms with E-state index in [1.165, 1.54) is 0 Å². The van der Waals surface area contributed by atoms with Crippen LogP contribution in [-0.2, 0) is 11.3 Å². The van der Waals surface area contributed by atoms with Crippen molar-refractivity contribution in [2.24, 2.45) is 5.92 Å². The molecular weight excluding hydrogens is 390 g/mol. The van der Waals surface area contributed by atoms with E-state index in [0.717, 1.165) is 32.8 Å². The van der Waals surface area contributed by atoms with E-state index in [2.05, 4.69) is 26.2 Å². The fourth-order valence-electron chi connectivity index (χ4n) is 3.02. The number of hydrogen-bond donors (Lipinski definition) is 1. The van der Waals surface area contributed by atoms with Crippen molar-refractivity contribution in [3.63, 3.8) is 0 Å². The number of fused-ring (bicyclic) bond motifs is 1. The van der Waals surface area contributed by atoms with Gasteiger partial charge in [-0.15, -0.1) is 0 Å². The minimum Gasteiger partial charge on any atom is -0.350 e. The first-order valence-electron chi connectivity index (χ1n) is 7.77. The highest BCUT2D eigenvalue weighted by atomic mass is 79.9. The summed E-state index contributed by atoms with van der Waals surface area (Å²) in [5, 5.41) is 3.73. The van der Waals surface area contributed by atoms with Crippen LogP contribution in [0.15, 0.2) is 53.3 Å². The van der Waals surface area contributed by atoms with Gasteiger partial charge in [-0.25, -0.2) is 4.98 Å². The highest BCUT2D eigenvalue weighted by molar-refractivity contribution is 9.10. The summed E-state index contributed by atoms with van der Waals surface area (Å²) in [4.78, 5) is 16.8. The molecule has 24 heavy (non-hydrogen) atoms. The Morgan fingerprint density at radius 1 is 1.29 bits per heavy atom. The largest absolute Gasteiger partial charge is 0.350 e. The Bertz CT molecular complexity index is 924. The van der Waals surface area contributed by atoms with Crippen molar-refractivity contribution in [1.29, 1.82) is 0 Å². The predicted octanol–water partition coefficient (Wildman–Crippen LogP) is 4.17. The van der Waals surface area contributed by atoms with Crippen LogP contribution in [0.4, 0.5) is 0 Å². The van der Waals surface area contributed by atoms with Gasteiger partial charge >= 0.3 is 0 Å². The van der Waals surface area contributed by atoms with E-state index >= 15 is 0 Å². The number of halogens is 2. The second kappa shape index (κ2) is 6.22. The van der Waals surface area contributed by atoms with Crippen LogP contribution < -0.4 is 5.32 Å². The van der Waals surface area contributed by atoms with Crippen LogP contribution in [-0.4, -0.2) is 15.3 Å². The molecule has 1 N–H and O–H groups in total. The lowest BCUT2D eigenvalue weighted by molar-refractivity contribution is -0.122. The van der Waals surface area contributed by atoms with Gasteiger partial charge in [0, 0.05) is 27.8 Å². The van der Waals surface area contributed by atoms with Gasteiger partial charge in [0.15, 0.2) is 0 Å². The first-order valence-corrected chi connectivity index (χ1v) is 8.94. The Morgan fingerprint density at radius 2 is 2.12 bits per heavy atom. The fourth-order valence-corrected chi connectivity index (χ4v) is 3.64. The van der Waals surface area contributed by atoms with E-state index in [1.807, 2.05) is 53.2 Å². The number of hydrogen-bond acceptors (Lipinski definition) is 2. The Labute approximate surface area is 153 Å². The van der Waals surface area contributed by atoms with Crippen LogP contribution in [0.25, 0.3) is 5.65 Å². The number of carbonyl (C=O) groups is 1. The van der Waals surface area contributed by atoms with Crippen molar-refractivity contribution in [3.8, 4) is 0 Å². The number of nitrogens with zero attached hydrogens (tertiary/aromatic N) is 2. The molecule has 2 atom stereocenters. The summed E-state index contributed by atoms with van der Waals surface area (Å²) in [7, 11) is 0. The van der Waals surface area contributed by atoms with Crippen LogP contribution >= 0.6 is 27.5 Å². The number of nitrogens with one attached hydrogen (secondary N) is 1. The molecule has 0 bridgehead atoms. The molecule has 4 rings (SSSR count). The summed E-state index contributed by atoms with van der Waals surface area (Å²) in [6.07, 6.45) is 4.73. The van der Waals surface area contributed by atoms with Gasteiger partial charge in [-0.2, -0.15) is 0 Å². The van der Waals surface area contributed by atoms with Gasteiger partial charge in [-0.1, -0.05) is 29.8 Å². The zero-order valence-corrected chi connectivity index (χ0v) is 15.1. The minimum atomic E-state index is 0.0103. The van der Waals surface area contributed by atoms with Crippen LogP contribution in [0.2, 0.25) is 5.02 Å². The molecule has 2 aromatic heterocycles. The summed E-state index contributed by atoms with van der Waals surface area (Å²) in [6.45, 7) is 0.434. The lowest BCUT2D eigenvalue weighted by Crippen LogP contribution is -2.25. The molecular formula is C18H15BrClN3O. The number of imidazole rings is 1. The van der Waals surface area contributed by atoms with Gasteiger partial charge in [0.1, 0.15) is 5.65 Å². The molecule has 1 fully saturated rings. The van der Waals surface area contributed by atoms with E-state index in [9.17, 15) is 4.79 Å². The van der Waals surface area contributed by atoms with Gasteiger partial charge in [0.05, 0.1) is 12.2 Å². The van der Waals surface area contributed by atoms with E-state index in [4.69, 9.17) is 11.6 Å². The van der Waals surface area contributed by atoms with Crippen molar-refractivity contribution in [2.45, 2.75) is 18.9 Å². The second-order valence-electron chi connectivity index (χ2n) is 6.03. The Kier molecular flexibility index (Phi) is 4.06. The van der Waals surface area contributed by atoms with E-state index < -0.39 is 0 Å². The van der Waals surface area contributed by atoms with Crippen molar-refractivity contribution in [2.75, 3.05) is 0 Å².